The van der Waals surface area contributed by atoms with Crippen molar-refractivity contribution in [1.29, 1.82) is 5.26 Å². The van der Waals surface area contributed by atoms with Crippen molar-refractivity contribution in [3.8, 4) is 17.4 Å². The highest BCUT2D eigenvalue weighted by Crippen LogP contribution is 2.24. The van der Waals surface area contributed by atoms with Crippen LogP contribution in [0.3, 0.4) is 0 Å². The van der Waals surface area contributed by atoms with Crippen LogP contribution in [0.4, 0.5) is 0 Å². The maximum Gasteiger partial charge on any atom is 0.338 e. The molecular weight excluding hydrogens is 332 g/mol. The van der Waals surface area contributed by atoms with Crippen LogP contribution in [0.25, 0.3) is 17.4 Å². The van der Waals surface area contributed by atoms with Crippen LogP contribution in [0, 0.1) is 11.3 Å². The highest BCUT2D eigenvalue weighted by atomic mass is 16.5. The summed E-state index contributed by atoms with van der Waals surface area (Å²) in [4.78, 5) is 23.5. The van der Waals surface area contributed by atoms with Gasteiger partial charge in [0.1, 0.15) is 23.2 Å². The molecule has 0 saturated heterocycles. The van der Waals surface area contributed by atoms with E-state index < -0.39 is 5.91 Å². The Morgan fingerprint density at radius 1 is 1.27 bits per heavy atom. The zero-order valence-electron chi connectivity index (χ0n) is 14.3. The molecule has 1 amide bonds. The fraction of sp³-hybridized carbons (Fsp3) is 0.150. The molecule has 0 aliphatic rings. The van der Waals surface area contributed by atoms with Gasteiger partial charge in [-0.25, -0.2) is 4.79 Å². The largest absolute Gasteiger partial charge is 0.462 e. The molecule has 2 rings (SSSR count). The Kier molecular flexibility index (Phi) is 6.52. The normalized spacial score (nSPS) is 10.7. The molecule has 2 aromatic rings. The molecule has 0 unspecified atom stereocenters. The molecule has 26 heavy (non-hydrogen) atoms. The summed E-state index contributed by atoms with van der Waals surface area (Å²) in [6.45, 7) is 5.84. The maximum absolute atomic E-state index is 11.8. The fourth-order valence-electron chi connectivity index (χ4n) is 2.12. The minimum atomic E-state index is -0.496. The summed E-state index contributed by atoms with van der Waals surface area (Å²) in [6.07, 6.45) is 2.90. The average Bonchev–Trinajstić information content (AvgIpc) is 3.13. The number of benzene rings is 1. The van der Waals surface area contributed by atoms with E-state index in [1.807, 2.05) is 6.07 Å². The van der Waals surface area contributed by atoms with Crippen LogP contribution in [0.5, 0.6) is 0 Å². The number of furan rings is 1. The minimum Gasteiger partial charge on any atom is -0.462 e. The highest BCUT2D eigenvalue weighted by molar-refractivity contribution is 6.01. The Bertz CT molecular complexity index is 870. The molecule has 0 atom stereocenters. The Hall–Kier alpha value is -3.59. The van der Waals surface area contributed by atoms with Gasteiger partial charge in [0.15, 0.2) is 0 Å². The van der Waals surface area contributed by atoms with Crippen molar-refractivity contribution in [2.24, 2.45) is 0 Å². The second-order valence-corrected chi connectivity index (χ2v) is 5.17. The summed E-state index contributed by atoms with van der Waals surface area (Å²) >= 11 is 0. The number of hydrogen-bond acceptors (Lipinski definition) is 5. The summed E-state index contributed by atoms with van der Waals surface area (Å²) < 4.78 is 10.6. The van der Waals surface area contributed by atoms with Crippen LogP contribution in [-0.4, -0.2) is 25.0 Å². The number of amides is 1. The SMILES string of the molecule is C=CCNC(=O)C(C#N)=Cc1ccc(-c2ccc(C(=O)OCC)cc2)o1. The standard InChI is InChI=1S/C20H18N2O4/c1-3-11-22-19(23)16(13-21)12-17-9-10-18(26-17)14-5-7-15(8-6-14)20(24)25-4-2/h3,5-10,12H,1,4,11H2,2H3,(H,22,23). The summed E-state index contributed by atoms with van der Waals surface area (Å²) in [5.41, 5.74) is 1.14. The van der Waals surface area contributed by atoms with Crippen molar-refractivity contribution in [2.75, 3.05) is 13.2 Å². The van der Waals surface area contributed by atoms with Crippen LogP contribution in [0.2, 0.25) is 0 Å². The number of hydrogen-bond donors (Lipinski definition) is 1. The van der Waals surface area contributed by atoms with Crippen molar-refractivity contribution in [2.45, 2.75) is 6.92 Å². The first-order chi connectivity index (χ1) is 12.6. The van der Waals surface area contributed by atoms with E-state index in [1.54, 1.807) is 43.3 Å². The average molecular weight is 350 g/mol. The molecule has 0 spiro atoms. The third-order valence-electron chi connectivity index (χ3n) is 3.37. The number of nitriles is 1. The Morgan fingerprint density at radius 3 is 2.62 bits per heavy atom. The van der Waals surface area contributed by atoms with Gasteiger partial charge in [-0.3, -0.25) is 4.79 Å². The molecule has 1 heterocycles. The summed E-state index contributed by atoms with van der Waals surface area (Å²) in [5.74, 6) is 0.0469. The molecule has 1 aromatic carbocycles. The van der Waals surface area contributed by atoms with E-state index >= 15 is 0 Å². The lowest BCUT2D eigenvalue weighted by Crippen LogP contribution is -2.24. The summed E-state index contributed by atoms with van der Waals surface area (Å²) in [7, 11) is 0. The minimum absolute atomic E-state index is 0.0644. The van der Waals surface area contributed by atoms with E-state index in [4.69, 9.17) is 14.4 Å². The molecule has 1 aromatic heterocycles. The molecule has 1 N–H and O–H groups in total. The van der Waals surface area contributed by atoms with E-state index in [9.17, 15) is 9.59 Å². The second kappa shape index (κ2) is 9.04. The maximum atomic E-state index is 11.8. The summed E-state index contributed by atoms with van der Waals surface area (Å²) in [6, 6.07) is 12.0. The molecule has 132 valence electrons. The van der Waals surface area contributed by atoms with Crippen LogP contribution in [0.15, 0.2) is 59.0 Å². The third kappa shape index (κ3) is 4.71. The molecule has 0 saturated carbocycles. The van der Waals surface area contributed by atoms with Gasteiger partial charge in [0, 0.05) is 18.2 Å². The number of rotatable bonds is 7. The van der Waals surface area contributed by atoms with Crippen molar-refractivity contribution in [3.05, 3.63) is 65.9 Å². The smallest absolute Gasteiger partial charge is 0.338 e. The number of ether oxygens (including phenoxy) is 1. The quantitative estimate of drug-likeness (QED) is 0.358. The van der Waals surface area contributed by atoms with Crippen molar-refractivity contribution >= 4 is 18.0 Å². The first-order valence-corrected chi connectivity index (χ1v) is 7.97. The van der Waals surface area contributed by atoms with Crippen LogP contribution in [-0.2, 0) is 9.53 Å². The van der Waals surface area contributed by atoms with Crippen molar-refractivity contribution < 1.29 is 18.7 Å². The van der Waals surface area contributed by atoms with Crippen LogP contribution >= 0.6 is 0 Å². The lowest BCUT2D eigenvalue weighted by Gasteiger charge is -2.02. The highest BCUT2D eigenvalue weighted by Gasteiger charge is 2.11. The van der Waals surface area contributed by atoms with Gasteiger partial charge in [0.05, 0.1) is 12.2 Å². The molecule has 0 aliphatic heterocycles. The van der Waals surface area contributed by atoms with Gasteiger partial charge in [-0.2, -0.15) is 5.26 Å². The summed E-state index contributed by atoms with van der Waals surface area (Å²) in [5, 5.41) is 11.7. The van der Waals surface area contributed by atoms with Gasteiger partial charge in [-0.15, -0.1) is 6.58 Å². The predicted octanol–water partition coefficient (Wildman–Crippen LogP) is 3.33. The van der Waals surface area contributed by atoms with Gasteiger partial charge in [0.2, 0.25) is 0 Å². The van der Waals surface area contributed by atoms with E-state index in [1.165, 1.54) is 12.2 Å². The van der Waals surface area contributed by atoms with Crippen molar-refractivity contribution in [1.82, 2.24) is 5.32 Å². The first-order valence-electron chi connectivity index (χ1n) is 7.97. The number of nitrogens with one attached hydrogen (secondary N) is 1. The molecule has 0 bridgehead atoms. The van der Waals surface area contributed by atoms with E-state index in [0.717, 1.165) is 5.56 Å². The third-order valence-corrected chi connectivity index (χ3v) is 3.37. The molecular formula is C20H18N2O4. The van der Waals surface area contributed by atoms with E-state index in [-0.39, 0.29) is 18.1 Å². The lowest BCUT2D eigenvalue weighted by atomic mass is 10.1. The van der Waals surface area contributed by atoms with E-state index in [0.29, 0.717) is 23.7 Å². The number of nitrogens with zero attached hydrogens (tertiary/aromatic N) is 1. The first kappa shape index (κ1) is 18.7. The molecule has 0 fully saturated rings. The number of carbonyl (C=O) groups excluding carboxylic acids is 2. The van der Waals surface area contributed by atoms with Crippen molar-refractivity contribution in [3.63, 3.8) is 0 Å². The second-order valence-electron chi connectivity index (χ2n) is 5.17. The molecule has 0 radical (unpaired) electrons. The Labute approximate surface area is 151 Å². The zero-order valence-corrected chi connectivity index (χ0v) is 14.3. The van der Waals surface area contributed by atoms with E-state index in [2.05, 4.69) is 11.9 Å². The zero-order chi connectivity index (χ0) is 18.9. The Balaban J connectivity index is 2.17. The molecule has 6 nitrogen and oxygen atoms in total. The Morgan fingerprint density at radius 2 is 2.00 bits per heavy atom. The van der Waals surface area contributed by atoms with Crippen LogP contribution < -0.4 is 5.32 Å². The molecule has 0 aliphatic carbocycles. The van der Waals surface area contributed by atoms with Crippen LogP contribution in [0.1, 0.15) is 23.0 Å². The van der Waals surface area contributed by atoms with Gasteiger partial charge in [-0.05, 0) is 31.2 Å². The van der Waals surface area contributed by atoms with Gasteiger partial charge < -0.3 is 14.5 Å². The predicted molar refractivity (Wildman–Crippen MR) is 96.9 cm³/mol. The topological polar surface area (TPSA) is 92.3 Å². The van der Waals surface area contributed by atoms with Gasteiger partial charge >= 0.3 is 5.97 Å². The monoisotopic (exact) mass is 350 g/mol. The fourth-order valence-corrected chi connectivity index (χ4v) is 2.12. The molecule has 6 heteroatoms. The van der Waals surface area contributed by atoms with Gasteiger partial charge in [-0.1, -0.05) is 18.2 Å². The number of esters is 1. The van der Waals surface area contributed by atoms with Gasteiger partial charge in [0.25, 0.3) is 5.91 Å². The lowest BCUT2D eigenvalue weighted by molar-refractivity contribution is -0.116. The number of carbonyl (C=O) groups is 2.